The van der Waals surface area contributed by atoms with Crippen LogP contribution in [0.15, 0.2) is 63.7 Å². The number of thiazole rings is 1. The molecule has 0 amide bonds. The molecule has 1 unspecified atom stereocenters. The van der Waals surface area contributed by atoms with Crippen molar-refractivity contribution in [2.45, 2.75) is 29.6 Å². The molecule has 5 rings (SSSR count). The van der Waals surface area contributed by atoms with E-state index in [1.165, 1.54) is 32.1 Å². The van der Waals surface area contributed by atoms with Gasteiger partial charge in [-0.1, -0.05) is 31.2 Å². The van der Waals surface area contributed by atoms with Crippen LogP contribution in [0.5, 0.6) is 0 Å². The summed E-state index contributed by atoms with van der Waals surface area (Å²) in [6, 6.07) is 12.8. The summed E-state index contributed by atoms with van der Waals surface area (Å²) in [4.78, 5) is 17.8. The molecule has 0 spiro atoms. The minimum absolute atomic E-state index is 0.0477. The Labute approximate surface area is 239 Å². The lowest BCUT2D eigenvalue weighted by atomic mass is 10.0. The first-order valence-electron chi connectivity index (χ1n) is 13.2. The Balaban J connectivity index is 1.22. The third kappa shape index (κ3) is 6.29. The van der Waals surface area contributed by atoms with Crippen LogP contribution in [-0.4, -0.2) is 82.2 Å². The van der Waals surface area contributed by atoms with Gasteiger partial charge in [-0.2, -0.15) is 8.61 Å². The standard InChI is InChI=1S/C27H32N4O6S3/c1-20-4-3-11-31(18-20)40(35,36)24-6-2-5-22(16-24)26(32)17-28-27-29-25(19-38-27)21-7-9-23(10-8-21)39(33,34)30-12-14-37-15-13-30/h2,5-10,16,19-20H,3-4,11-15,17-18H2,1H3,(H,28,29). The van der Waals surface area contributed by atoms with Crippen LogP contribution in [-0.2, 0) is 24.8 Å². The van der Waals surface area contributed by atoms with Crippen molar-refractivity contribution in [2.75, 3.05) is 51.3 Å². The Bertz CT molecular complexity index is 1570. The van der Waals surface area contributed by atoms with Crippen molar-refractivity contribution in [1.29, 1.82) is 0 Å². The minimum atomic E-state index is -3.66. The van der Waals surface area contributed by atoms with Gasteiger partial charge in [0, 0.05) is 42.7 Å². The van der Waals surface area contributed by atoms with Crippen molar-refractivity contribution in [1.82, 2.24) is 13.6 Å². The molecule has 2 aliphatic rings. The van der Waals surface area contributed by atoms with Crippen LogP contribution in [0.1, 0.15) is 30.1 Å². The summed E-state index contributed by atoms with van der Waals surface area (Å²) in [6.07, 6.45) is 1.84. The van der Waals surface area contributed by atoms with Crippen molar-refractivity contribution in [2.24, 2.45) is 5.92 Å². The van der Waals surface area contributed by atoms with Gasteiger partial charge < -0.3 is 10.1 Å². The smallest absolute Gasteiger partial charge is 0.243 e. The first kappa shape index (κ1) is 28.8. The maximum absolute atomic E-state index is 13.1. The lowest BCUT2D eigenvalue weighted by molar-refractivity contribution is 0.0730. The second kappa shape index (κ2) is 12.0. The van der Waals surface area contributed by atoms with Crippen LogP contribution in [0.3, 0.4) is 0 Å². The number of carbonyl (C=O) groups is 1. The fraction of sp³-hybridized carbons (Fsp3) is 0.407. The number of Topliss-reactive ketones (excluding diaryl/α,β-unsaturated/α-hetero) is 1. The van der Waals surface area contributed by atoms with Crippen molar-refractivity contribution < 1.29 is 26.4 Å². The molecule has 214 valence electrons. The number of aromatic nitrogens is 1. The SMILES string of the molecule is CC1CCCN(S(=O)(=O)c2cccc(C(=O)CNc3nc(-c4ccc(S(=O)(=O)N5CCOCC5)cc4)cs3)c2)C1. The van der Waals surface area contributed by atoms with Crippen LogP contribution in [0, 0.1) is 5.92 Å². The fourth-order valence-electron chi connectivity index (χ4n) is 4.82. The quantitative estimate of drug-likeness (QED) is 0.368. The molecule has 2 saturated heterocycles. The summed E-state index contributed by atoms with van der Waals surface area (Å²) < 4.78 is 60.1. The van der Waals surface area contributed by atoms with Gasteiger partial charge in [-0.3, -0.25) is 4.79 Å². The Morgan fingerprint density at radius 1 is 1.00 bits per heavy atom. The number of ketones is 1. The molecule has 1 atom stereocenters. The van der Waals surface area contributed by atoms with Gasteiger partial charge in [0.2, 0.25) is 20.0 Å². The molecule has 0 saturated carbocycles. The van der Waals surface area contributed by atoms with E-state index in [4.69, 9.17) is 4.74 Å². The van der Waals surface area contributed by atoms with Gasteiger partial charge in [-0.25, -0.2) is 21.8 Å². The molecule has 1 N–H and O–H groups in total. The van der Waals surface area contributed by atoms with Gasteiger partial charge in [0.15, 0.2) is 10.9 Å². The monoisotopic (exact) mass is 604 g/mol. The van der Waals surface area contributed by atoms with Gasteiger partial charge in [0.05, 0.1) is 35.2 Å². The van der Waals surface area contributed by atoms with E-state index in [2.05, 4.69) is 10.3 Å². The number of hydrogen-bond acceptors (Lipinski definition) is 9. The molecule has 40 heavy (non-hydrogen) atoms. The second-order valence-corrected chi connectivity index (χ2v) is 14.7. The number of anilines is 1. The van der Waals surface area contributed by atoms with E-state index in [0.29, 0.717) is 61.7 Å². The first-order valence-corrected chi connectivity index (χ1v) is 16.9. The molecule has 3 aromatic rings. The molecule has 2 aliphatic heterocycles. The molecule has 0 bridgehead atoms. The summed E-state index contributed by atoms with van der Waals surface area (Å²) in [5.74, 6) is 0.0558. The molecule has 0 radical (unpaired) electrons. The number of nitrogens with one attached hydrogen (secondary N) is 1. The number of morpholine rings is 1. The minimum Gasteiger partial charge on any atom is -0.379 e. The molecule has 2 aromatic carbocycles. The predicted molar refractivity (Wildman–Crippen MR) is 154 cm³/mol. The number of nitrogens with zero attached hydrogens (tertiary/aromatic N) is 3. The Morgan fingerprint density at radius 2 is 1.73 bits per heavy atom. The fourth-order valence-corrected chi connectivity index (χ4v) is 8.59. The van der Waals surface area contributed by atoms with Crippen LogP contribution in [0.25, 0.3) is 11.3 Å². The normalized spacial score (nSPS) is 19.4. The van der Waals surface area contributed by atoms with Crippen molar-refractivity contribution in [3.05, 3.63) is 59.5 Å². The summed E-state index contributed by atoms with van der Waals surface area (Å²) in [5, 5.41) is 5.37. The lowest BCUT2D eigenvalue weighted by Gasteiger charge is -2.30. The second-order valence-electron chi connectivity index (χ2n) is 9.99. The average Bonchev–Trinajstić information content (AvgIpc) is 3.46. The van der Waals surface area contributed by atoms with E-state index in [1.807, 2.05) is 12.3 Å². The van der Waals surface area contributed by atoms with Gasteiger partial charge in [0.1, 0.15) is 0 Å². The van der Waals surface area contributed by atoms with Crippen LogP contribution in [0.4, 0.5) is 5.13 Å². The molecule has 13 heteroatoms. The van der Waals surface area contributed by atoms with Gasteiger partial charge in [-0.15, -0.1) is 11.3 Å². The van der Waals surface area contributed by atoms with Crippen LogP contribution in [0.2, 0.25) is 0 Å². The van der Waals surface area contributed by atoms with E-state index in [0.717, 1.165) is 18.4 Å². The number of hydrogen-bond donors (Lipinski definition) is 1. The molecule has 10 nitrogen and oxygen atoms in total. The maximum atomic E-state index is 13.1. The van der Waals surface area contributed by atoms with E-state index in [-0.39, 0.29) is 22.1 Å². The molecule has 2 fully saturated rings. The highest BCUT2D eigenvalue weighted by atomic mass is 32.2. The highest BCUT2D eigenvalue weighted by Crippen LogP contribution is 2.28. The lowest BCUT2D eigenvalue weighted by Crippen LogP contribution is -2.40. The Morgan fingerprint density at radius 3 is 2.45 bits per heavy atom. The van der Waals surface area contributed by atoms with Crippen LogP contribution < -0.4 is 5.32 Å². The zero-order valence-corrected chi connectivity index (χ0v) is 24.6. The Hall–Kier alpha value is -2.68. The van der Waals surface area contributed by atoms with Crippen molar-refractivity contribution >= 4 is 42.3 Å². The molecular weight excluding hydrogens is 573 g/mol. The maximum Gasteiger partial charge on any atom is 0.243 e. The van der Waals surface area contributed by atoms with E-state index < -0.39 is 20.0 Å². The number of piperidine rings is 1. The predicted octanol–water partition coefficient (Wildman–Crippen LogP) is 3.55. The number of carbonyl (C=O) groups excluding carboxylic acids is 1. The topological polar surface area (TPSA) is 126 Å². The molecular formula is C27H32N4O6S3. The summed E-state index contributed by atoms with van der Waals surface area (Å²) in [5.41, 5.74) is 1.72. The van der Waals surface area contributed by atoms with Crippen molar-refractivity contribution in [3.63, 3.8) is 0 Å². The zero-order valence-electron chi connectivity index (χ0n) is 22.2. The third-order valence-corrected chi connectivity index (χ3v) is 11.6. The average molecular weight is 605 g/mol. The number of ether oxygens (including phenoxy) is 1. The van der Waals surface area contributed by atoms with Crippen LogP contribution >= 0.6 is 11.3 Å². The first-order chi connectivity index (χ1) is 19.1. The number of benzene rings is 2. The van der Waals surface area contributed by atoms with E-state index in [1.54, 1.807) is 36.4 Å². The van der Waals surface area contributed by atoms with Gasteiger partial charge >= 0.3 is 0 Å². The van der Waals surface area contributed by atoms with Gasteiger partial charge in [0.25, 0.3) is 0 Å². The third-order valence-electron chi connectivity index (χ3n) is 7.08. The molecule has 3 heterocycles. The number of sulfonamides is 2. The highest BCUT2D eigenvalue weighted by Gasteiger charge is 2.29. The largest absolute Gasteiger partial charge is 0.379 e. The van der Waals surface area contributed by atoms with Crippen molar-refractivity contribution in [3.8, 4) is 11.3 Å². The zero-order chi connectivity index (χ0) is 28.3. The molecule has 0 aliphatic carbocycles. The summed E-state index contributed by atoms with van der Waals surface area (Å²) in [7, 11) is -7.24. The van der Waals surface area contributed by atoms with Gasteiger partial charge in [-0.05, 0) is 43.0 Å². The number of rotatable bonds is 9. The molecule has 1 aromatic heterocycles. The van der Waals surface area contributed by atoms with E-state index in [9.17, 15) is 21.6 Å². The van der Waals surface area contributed by atoms with E-state index >= 15 is 0 Å². The summed E-state index contributed by atoms with van der Waals surface area (Å²) >= 11 is 1.32. The Kier molecular flexibility index (Phi) is 8.69. The summed E-state index contributed by atoms with van der Waals surface area (Å²) in [6.45, 7) is 4.42. The highest BCUT2D eigenvalue weighted by molar-refractivity contribution is 7.89.